The van der Waals surface area contributed by atoms with Gasteiger partial charge in [-0.2, -0.15) is 4.98 Å². The van der Waals surface area contributed by atoms with Crippen molar-refractivity contribution in [3.63, 3.8) is 0 Å². The highest BCUT2D eigenvalue weighted by Crippen LogP contribution is 2.24. The Morgan fingerprint density at radius 2 is 1.81 bits per heavy atom. The van der Waals surface area contributed by atoms with E-state index in [2.05, 4.69) is 10.1 Å². The topological polar surface area (TPSA) is 73.8 Å². The lowest BCUT2D eigenvalue weighted by atomic mass is 10.2. The summed E-state index contributed by atoms with van der Waals surface area (Å²) in [4.78, 5) is 22.0. The lowest BCUT2D eigenvalue weighted by Crippen LogP contribution is -2.21. The van der Waals surface area contributed by atoms with Crippen molar-refractivity contribution in [3.05, 3.63) is 76.2 Å². The molecule has 4 aromatic rings. The minimum absolute atomic E-state index is 0.0938. The van der Waals surface area contributed by atoms with Crippen LogP contribution in [-0.4, -0.2) is 19.7 Å². The average molecular weight is 364 g/mol. The van der Waals surface area contributed by atoms with Gasteiger partial charge in [0, 0.05) is 0 Å². The minimum atomic E-state index is -0.0938. The van der Waals surface area contributed by atoms with E-state index in [1.165, 1.54) is 11.8 Å². The van der Waals surface area contributed by atoms with Gasteiger partial charge in [-0.05, 0) is 38.1 Å². The van der Waals surface area contributed by atoms with Crippen molar-refractivity contribution in [1.29, 1.82) is 0 Å². The molecular weight excluding hydrogens is 348 g/mol. The monoisotopic (exact) mass is 364 g/mol. The van der Waals surface area contributed by atoms with Crippen LogP contribution >= 0.6 is 11.8 Å². The van der Waals surface area contributed by atoms with Gasteiger partial charge >= 0.3 is 0 Å². The molecule has 4 rings (SSSR count). The van der Waals surface area contributed by atoms with Gasteiger partial charge in [0.1, 0.15) is 0 Å². The van der Waals surface area contributed by atoms with Crippen molar-refractivity contribution in [1.82, 2.24) is 19.7 Å². The Bertz CT molecular complexity index is 1130. The van der Waals surface area contributed by atoms with Crippen LogP contribution in [0.15, 0.2) is 63.0 Å². The zero-order valence-corrected chi connectivity index (χ0v) is 15.2. The SMILES string of the molecule is Cc1ccc(-n2c(SCc3nc(C)no3)nc3ccccc3c2=O)cc1. The Kier molecular flexibility index (Phi) is 4.30. The summed E-state index contributed by atoms with van der Waals surface area (Å²) in [6, 6.07) is 15.2. The number of aromatic nitrogens is 4. The lowest BCUT2D eigenvalue weighted by Gasteiger charge is -2.12. The van der Waals surface area contributed by atoms with E-state index >= 15 is 0 Å². The van der Waals surface area contributed by atoms with Crippen LogP contribution in [0.25, 0.3) is 16.6 Å². The molecule has 0 N–H and O–H groups in total. The third kappa shape index (κ3) is 3.13. The number of rotatable bonds is 4. The van der Waals surface area contributed by atoms with Crippen LogP contribution in [-0.2, 0) is 5.75 Å². The first-order valence-corrected chi connectivity index (χ1v) is 9.11. The Labute approximate surface area is 153 Å². The molecule has 130 valence electrons. The fraction of sp³-hybridized carbons (Fsp3) is 0.158. The predicted octanol–water partition coefficient (Wildman–Crippen LogP) is 3.68. The van der Waals surface area contributed by atoms with Crippen LogP contribution in [0.5, 0.6) is 0 Å². The summed E-state index contributed by atoms with van der Waals surface area (Å²) in [5.41, 5.74) is 2.49. The van der Waals surface area contributed by atoms with Crippen LogP contribution in [0, 0.1) is 13.8 Å². The largest absolute Gasteiger partial charge is 0.338 e. The molecule has 0 bridgehead atoms. The molecule has 0 atom stereocenters. The fourth-order valence-electron chi connectivity index (χ4n) is 2.66. The first-order chi connectivity index (χ1) is 12.6. The van der Waals surface area contributed by atoms with Gasteiger partial charge in [0.2, 0.25) is 5.89 Å². The maximum atomic E-state index is 13.1. The molecule has 0 saturated carbocycles. The van der Waals surface area contributed by atoms with Crippen LogP contribution in [0.2, 0.25) is 0 Å². The molecular formula is C19H16N4O2S. The van der Waals surface area contributed by atoms with Crippen molar-refractivity contribution in [2.75, 3.05) is 0 Å². The van der Waals surface area contributed by atoms with Crippen molar-refractivity contribution in [2.24, 2.45) is 0 Å². The summed E-state index contributed by atoms with van der Waals surface area (Å²) in [7, 11) is 0. The molecule has 0 aliphatic rings. The summed E-state index contributed by atoms with van der Waals surface area (Å²) >= 11 is 1.40. The molecule has 2 aromatic carbocycles. The quantitative estimate of drug-likeness (QED) is 0.406. The second-order valence-corrected chi connectivity index (χ2v) is 6.85. The minimum Gasteiger partial charge on any atom is -0.338 e. The normalized spacial score (nSPS) is 11.2. The van der Waals surface area contributed by atoms with Crippen LogP contribution in [0.3, 0.4) is 0 Å². The molecule has 0 amide bonds. The van der Waals surface area contributed by atoms with Gasteiger partial charge in [0.15, 0.2) is 11.0 Å². The highest BCUT2D eigenvalue weighted by molar-refractivity contribution is 7.98. The summed E-state index contributed by atoms with van der Waals surface area (Å²) in [6.45, 7) is 3.78. The molecule has 0 aliphatic heterocycles. The average Bonchev–Trinajstić information content (AvgIpc) is 3.07. The summed E-state index contributed by atoms with van der Waals surface area (Å²) < 4.78 is 6.80. The van der Waals surface area contributed by atoms with E-state index < -0.39 is 0 Å². The number of hydrogen-bond acceptors (Lipinski definition) is 6. The van der Waals surface area contributed by atoms with E-state index in [1.54, 1.807) is 17.6 Å². The van der Waals surface area contributed by atoms with Crippen LogP contribution < -0.4 is 5.56 Å². The van der Waals surface area contributed by atoms with Crippen molar-refractivity contribution in [2.45, 2.75) is 24.8 Å². The molecule has 7 heteroatoms. The smallest absolute Gasteiger partial charge is 0.266 e. The molecule has 0 fully saturated rings. The maximum Gasteiger partial charge on any atom is 0.266 e. The Morgan fingerprint density at radius 3 is 2.54 bits per heavy atom. The van der Waals surface area contributed by atoms with Gasteiger partial charge in [0.25, 0.3) is 5.56 Å². The molecule has 2 heterocycles. The molecule has 0 saturated heterocycles. The standard InChI is InChI=1S/C19H16N4O2S/c1-12-7-9-14(10-8-12)23-18(24)15-5-3-4-6-16(15)21-19(23)26-11-17-20-13(2)22-25-17/h3-10H,11H2,1-2H3. The fourth-order valence-corrected chi connectivity index (χ4v) is 3.51. The maximum absolute atomic E-state index is 13.1. The molecule has 26 heavy (non-hydrogen) atoms. The highest BCUT2D eigenvalue weighted by Gasteiger charge is 2.14. The van der Waals surface area contributed by atoms with Crippen molar-refractivity contribution >= 4 is 22.7 Å². The highest BCUT2D eigenvalue weighted by atomic mass is 32.2. The Morgan fingerprint density at radius 1 is 1.04 bits per heavy atom. The number of para-hydroxylation sites is 1. The number of thioether (sulfide) groups is 1. The first kappa shape index (κ1) is 16.5. The van der Waals surface area contributed by atoms with Gasteiger partial charge in [-0.1, -0.05) is 46.7 Å². The molecule has 6 nitrogen and oxygen atoms in total. The van der Waals surface area contributed by atoms with Gasteiger partial charge in [-0.15, -0.1) is 0 Å². The van der Waals surface area contributed by atoms with Gasteiger partial charge in [-0.3, -0.25) is 9.36 Å². The number of fused-ring (bicyclic) bond motifs is 1. The zero-order chi connectivity index (χ0) is 18.1. The van der Waals surface area contributed by atoms with E-state index in [0.29, 0.717) is 33.5 Å². The van der Waals surface area contributed by atoms with Gasteiger partial charge < -0.3 is 4.52 Å². The van der Waals surface area contributed by atoms with Crippen molar-refractivity contribution < 1.29 is 4.52 Å². The van der Waals surface area contributed by atoms with Crippen LogP contribution in [0.1, 0.15) is 17.3 Å². The van der Waals surface area contributed by atoms with E-state index in [0.717, 1.165) is 11.3 Å². The predicted molar refractivity (Wildman–Crippen MR) is 101 cm³/mol. The second-order valence-electron chi connectivity index (χ2n) is 5.91. The van der Waals surface area contributed by atoms with E-state index in [4.69, 9.17) is 9.51 Å². The Balaban J connectivity index is 1.84. The third-order valence-electron chi connectivity index (χ3n) is 3.93. The van der Waals surface area contributed by atoms with E-state index in [9.17, 15) is 4.79 Å². The summed E-state index contributed by atoms with van der Waals surface area (Å²) in [5.74, 6) is 1.53. The van der Waals surface area contributed by atoms with E-state index in [1.807, 2.05) is 49.4 Å². The number of nitrogens with zero attached hydrogens (tertiary/aromatic N) is 4. The molecule has 0 radical (unpaired) electrons. The lowest BCUT2D eigenvalue weighted by molar-refractivity contribution is 0.387. The molecule has 2 aromatic heterocycles. The molecule has 0 aliphatic carbocycles. The Hall–Kier alpha value is -2.93. The first-order valence-electron chi connectivity index (χ1n) is 8.12. The van der Waals surface area contributed by atoms with E-state index in [-0.39, 0.29) is 5.56 Å². The second kappa shape index (κ2) is 6.76. The molecule has 0 unspecified atom stereocenters. The number of aryl methyl sites for hydroxylation is 2. The number of benzene rings is 2. The third-order valence-corrected chi connectivity index (χ3v) is 4.85. The van der Waals surface area contributed by atoms with Gasteiger partial charge in [-0.25, -0.2) is 4.98 Å². The van der Waals surface area contributed by atoms with Crippen molar-refractivity contribution in [3.8, 4) is 5.69 Å². The number of hydrogen-bond donors (Lipinski definition) is 0. The summed E-state index contributed by atoms with van der Waals surface area (Å²) in [6.07, 6.45) is 0. The van der Waals surface area contributed by atoms with Crippen LogP contribution in [0.4, 0.5) is 0 Å². The zero-order valence-electron chi connectivity index (χ0n) is 14.3. The van der Waals surface area contributed by atoms with Gasteiger partial charge in [0.05, 0.1) is 22.3 Å². The molecule has 0 spiro atoms. The summed E-state index contributed by atoms with van der Waals surface area (Å²) in [5, 5.41) is 4.98.